The van der Waals surface area contributed by atoms with Gasteiger partial charge in [0.2, 0.25) is 0 Å². The number of rotatable bonds is 4. The summed E-state index contributed by atoms with van der Waals surface area (Å²) in [7, 11) is 0. The number of hydrogen-bond donors (Lipinski definition) is 2. The number of nitrogens with two attached hydrogens (primary N) is 1. The Kier molecular flexibility index (Phi) is 4.36. The van der Waals surface area contributed by atoms with Crippen LogP contribution >= 0.6 is 11.6 Å². The number of carbonyl (C=O) groups excluding carboxylic acids is 1. The molecule has 4 nitrogen and oxygen atoms in total. The van der Waals surface area contributed by atoms with Gasteiger partial charge in [0.05, 0.1) is 5.56 Å². The van der Waals surface area contributed by atoms with Gasteiger partial charge in [-0.15, -0.1) is 0 Å². The lowest BCUT2D eigenvalue weighted by Crippen LogP contribution is -2.26. The third kappa shape index (κ3) is 3.69. The van der Waals surface area contributed by atoms with Crippen molar-refractivity contribution in [3.63, 3.8) is 0 Å². The monoisotopic (exact) mass is 275 g/mol. The van der Waals surface area contributed by atoms with Crippen molar-refractivity contribution >= 4 is 23.2 Å². The minimum Gasteiger partial charge on any atom is -0.398 e. The van der Waals surface area contributed by atoms with Crippen LogP contribution in [0.5, 0.6) is 0 Å². The van der Waals surface area contributed by atoms with Crippen molar-refractivity contribution in [3.05, 3.63) is 58.9 Å². The molecule has 98 valence electrons. The largest absolute Gasteiger partial charge is 0.398 e. The van der Waals surface area contributed by atoms with Crippen molar-refractivity contribution in [2.75, 3.05) is 12.3 Å². The molecule has 1 aromatic carbocycles. The number of nitrogen functional groups attached to an aromatic ring is 1. The van der Waals surface area contributed by atoms with E-state index in [2.05, 4.69) is 10.3 Å². The van der Waals surface area contributed by atoms with Gasteiger partial charge in [-0.2, -0.15) is 0 Å². The third-order valence-corrected chi connectivity index (χ3v) is 2.94. The lowest BCUT2D eigenvalue weighted by molar-refractivity contribution is 0.0955. The summed E-state index contributed by atoms with van der Waals surface area (Å²) in [6.07, 6.45) is 4.20. The molecule has 0 aliphatic heterocycles. The molecule has 1 aromatic heterocycles. The Bertz CT molecular complexity index is 572. The standard InChI is InChI=1S/C14H14ClN3O/c15-11-1-2-13(16)12(9-11)14(19)18-8-5-10-3-6-17-7-4-10/h1-4,6-7,9H,5,8,16H2,(H,18,19). The Morgan fingerprint density at radius 1 is 1.26 bits per heavy atom. The molecule has 0 unspecified atom stereocenters. The maximum atomic E-state index is 11.9. The first-order valence-corrected chi connectivity index (χ1v) is 6.27. The third-order valence-electron chi connectivity index (χ3n) is 2.71. The fourth-order valence-electron chi connectivity index (χ4n) is 1.69. The summed E-state index contributed by atoms with van der Waals surface area (Å²) in [4.78, 5) is 15.9. The van der Waals surface area contributed by atoms with Crippen LogP contribution in [0.3, 0.4) is 0 Å². The topological polar surface area (TPSA) is 68.0 Å². The van der Waals surface area contributed by atoms with E-state index in [9.17, 15) is 4.79 Å². The van der Waals surface area contributed by atoms with Gasteiger partial charge in [0, 0.05) is 29.6 Å². The van der Waals surface area contributed by atoms with Gasteiger partial charge in [-0.25, -0.2) is 0 Å². The molecule has 2 rings (SSSR count). The highest BCUT2D eigenvalue weighted by atomic mass is 35.5. The summed E-state index contributed by atoms with van der Waals surface area (Å²) in [5.74, 6) is -0.214. The smallest absolute Gasteiger partial charge is 0.253 e. The van der Waals surface area contributed by atoms with Crippen LogP contribution in [-0.4, -0.2) is 17.4 Å². The predicted octanol–water partition coefficient (Wildman–Crippen LogP) is 2.29. The normalized spacial score (nSPS) is 10.2. The Labute approximate surface area is 116 Å². The number of aromatic nitrogens is 1. The van der Waals surface area contributed by atoms with Crippen molar-refractivity contribution in [3.8, 4) is 0 Å². The Morgan fingerprint density at radius 3 is 2.74 bits per heavy atom. The molecule has 0 aliphatic rings. The molecule has 0 saturated carbocycles. The van der Waals surface area contributed by atoms with Gasteiger partial charge in [0.1, 0.15) is 0 Å². The van der Waals surface area contributed by atoms with E-state index in [4.69, 9.17) is 17.3 Å². The van der Waals surface area contributed by atoms with Gasteiger partial charge in [-0.3, -0.25) is 9.78 Å². The van der Waals surface area contributed by atoms with Crippen molar-refractivity contribution in [2.24, 2.45) is 0 Å². The minimum atomic E-state index is -0.214. The summed E-state index contributed by atoms with van der Waals surface area (Å²) in [6.45, 7) is 0.537. The average molecular weight is 276 g/mol. The van der Waals surface area contributed by atoms with E-state index in [1.165, 1.54) is 0 Å². The van der Waals surface area contributed by atoms with E-state index >= 15 is 0 Å². The van der Waals surface area contributed by atoms with Crippen molar-refractivity contribution in [2.45, 2.75) is 6.42 Å². The molecule has 0 saturated heterocycles. The maximum absolute atomic E-state index is 11.9. The van der Waals surface area contributed by atoms with Gasteiger partial charge in [0.25, 0.3) is 5.91 Å². The van der Waals surface area contributed by atoms with E-state index in [0.717, 1.165) is 12.0 Å². The highest BCUT2D eigenvalue weighted by Crippen LogP contribution is 2.17. The quantitative estimate of drug-likeness (QED) is 0.841. The fourth-order valence-corrected chi connectivity index (χ4v) is 1.86. The molecule has 5 heteroatoms. The van der Waals surface area contributed by atoms with Crippen molar-refractivity contribution in [1.29, 1.82) is 0 Å². The van der Waals surface area contributed by atoms with Crippen molar-refractivity contribution in [1.82, 2.24) is 10.3 Å². The van der Waals surface area contributed by atoms with Crippen LogP contribution in [-0.2, 0) is 6.42 Å². The number of pyridine rings is 1. The van der Waals surface area contributed by atoms with Crippen LogP contribution < -0.4 is 11.1 Å². The number of hydrogen-bond acceptors (Lipinski definition) is 3. The van der Waals surface area contributed by atoms with E-state index < -0.39 is 0 Å². The molecule has 0 atom stereocenters. The first kappa shape index (κ1) is 13.4. The summed E-state index contributed by atoms with van der Waals surface area (Å²) < 4.78 is 0. The molecule has 0 aliphatic carbocycles. The molecule has 1 heterocycles. The lowest BCUT2D eigenvalue weighted by Gasteiger charge is -2.08. The first-order chi connectivity index (χ1) is 9.16. The number of carbonyl (C=O) groups is 1. The predicted molar refractivity (Wildman–Crippen MR) is 76.1 cm³/mol. The zero-order chi connectivity index (χ0) is 13.7. The van der Waals surface area contributed by atoms with Crippen LogP contribution in [0.4, 0.5) is 5.69 Å². The highest BCUT2D eigenvalue weighted by molar-refractivity contribution is 6.31. The van der Waals surface area contributed by atoms with Crippen molar-refractivity contribution < 1.29 is 4.79 Å². The van der Waals surface area contributed by atoms with Crippen LogP contribution in [0.25, 0.3) is 0 Å². The average Bonchev–Trinajstić information content (AvgIpc) is 2.42. The molecule has 0 spiro atoms. The molecule has 2 aromatic rings. The van der Waals surface area contributed by atoms with Crippen LogP contribution in [0.2, 0.25) is 5.02 Å². The first-order valence-electron chi connectivity index (χ1n) is 5.89. The number of amides is 1. The second-order valence-corrected chi connectivity index (χ2v) is 4.53. The molecular weight excluding hydrogens is 262 g/mol. The number of nitrogens with one attached hydrogen (secondary N) is 1. The minimum absolute atomic E-state index is 0.214. The van der Waals surface area contributed by atoms with E-state index in [-0.39, 0.29) is 5.91 Å². The van der Waals surface area contributed by atoms with Crippen LogP contribution in [0.1, 0.15) is 15.9 Å². The van der Waals surface area contributed by atoms with E-state index in [1.54, 1.807) is 30.6 Å². The fraction of sp³-hybridized carbons (Fsp3) is 0.143. The van der Waals surface area contributed by atoms with E-state index in [1.807, 2.05) is 12.1 Å². The van der Waals surface area contributed by atoms with Crippen LogP contribution in [0.15, 0.2) is 42.7 Å². The zero-order valence-corrected chi connectivity index (χ0v) is 11.0. The van der Waals surface area contributed by atoms with Gasteiger partial charge < -0.3 is 11.1 Å². The summed E-state index contributed by atoms with van der Waals surface area (Å²) in [6, 6.07) is 8.68. The summed E-state index contributed by atoms with van der Waals surface area (Å²) >= 11 is 5.85. The second-order valence-electron chi connectivity index (χ2n) is 4.09. The highest BCUT2D eigenvalue weighted by Gasteiger charge is 2.09. The van der Waals surface area contributed by atoms with Gasteiger partial charge in [-0.1, -0.05) is 11.6 Å². The van der Waals surface area contributed by atoms with Crippen LogP contribution in [0, 0.1) is 0 Å². The second kappa shape index (κ2) is 6.20. The summed E-state index contributed by atoms with van der Waals surface area (Å²) in [5.41, 5.74) is 7.69. The Hall–Kier alpha value is -2.07. The SMILES string of the molecule is Nc1ccc(Cl)cc1C(=O)NCCc1ccncc1. The molecule has 0 bridgehead atoms. The molecule has 1 amide bonds. The molecular formula is C14H14ClN3O. The maximum Gasteiger partial charge on any atom is 0.253 e. The Morgan fingerprint density at radius 2 is 2.00 bits per heavy atom. The lowest BCUT2D eigenvalue weighted by atomic mass is 10.1. The zero-order valence-electron chi connectivity index (χ0n) is 10.3. The number of halogens is 1. The molecule has 0 fully saturated rings. The van der Waals surface area contributed by atoms with Gasteiger partial charge in [0.15, 0.2) is 0 Å². The number of nitrogens with zero attached hydrogens (tertiary/aromatic N) is 1. The Balaban J connectivity index is 1.93. The molecule has 3 N–H and O–H groups in total. The molecule has 0 radical (unpaired) electrons. The molecule has 19 heavy (non-hydrogen) atoms. The summed E-state index contributed by atoms with van der Waals surface area (Å²) in [5, 5.41) is 3.31. The van der Waals surface area contributed by atoms with Gasteiger partial charge >= 0.3 is 0 Å². The number of benzene rings is 1. The van der Waals surface area contributed by atoms with E-state index in [0.29, 0.717) is 22.8 Å². The number of anilines is 1. The van der Waals surface area contributed by atoms with Gasteiger partial charge in [-0.05, 0) is 42.3 Å².